The maximum Gasteiger partial charge on any atom is 0.0551 e. The summed E-state index contributed by atoms with van der Waals surface area (Å²) in [7, 11) is 0. The van der Waals surface area contributed by atoms with Gasteiger partial charge >= 0.3 is 0 Å². The molecule has 0 amide bonds. The minimum Gasteiger partial charge on any atom is -0.320 e. The van der Waals surface area contributed by atoms with E-state index in [1.54, 1.807) is 0 Å². The van der Waals surface area contributed by atoms with Crippen LogP contribution in [0.1, 0.15) is 12.8 Å². The van der Waals surface area contributed by atoms with Crippen LogP contribution in [0.25, 0.3) is 0 Å². The minimum atomic E-state index is 0.518. The van der Waals surface area contributed by atoms with Crippen LogP contribution in [0.5, 0.6) is 0 Å². The van der Waals surface area contributed by atoms with Gasteiger partial charge in [0, 0.05) is 5.92 Å². The molecule has 0 saturated carbocycles. The standard InChI is InChI=1S/C8H13NS/c9-5-1-2-8-3-6-10-7-4-8/h8H,3-7,9H2. The third kappa shape index (κ3) is 2.64. The molecule has 1 saturated heterocycles. The Morgan fingerprint density at radius 3 is 2.70 bits per heavy atom. The van der Waals surface area contributed by atoms with Gasteiger partial charge in [-0.05, 0) is 24.3 Å². The first-order valence-electron chi connectivity index (χ1n) is 3.69. The largest absolute Gasteiger partial charge is 0.320 e. The molecule has 10 heavy (non-hydrogen) atoms. The van der Waals surface area contributed by atoms with Gasteiger partial charge in [-0.3, -0.25) is 0 Å². The molecule has 1 nitrogen and oxygen atoms in total. The molecule has 2 N–H and O–H groups in total. The predicted molar refractivity (Wildman–Crippen MR) is 46.9 cm³/mol. The highest BCUT2D eigenvalue weighted by Crippen LogP contribution is 2.21. The maximum atomic E-state index is 5.27. The number of thioether (sulfide) groups is 1. The van der Waals surface area contributed by atoms with E-state index < -0.39 is 0 Å². The fourth-order valence-electron chi connectivity index (χ4n) is 1.05. The van der Waals surface area contributed by atoms with Crippen molar-refractivity contribution in [2.24, 2.45) is 11.7 Å². The van der Waals surface area contributed by atoms with Gasteiger partial charge < -0.3 is 5.73 Å². The lowest BCUT2D eigenvalue weighted by Crippen LogP contribution is -2.07. The van der Waals surface area contributed by atoms with E-state index in [1.807, 2.05) is 11.8 Å². The van der Waals surface area contributed by atoms with Crippen LogP contribution < -0.4 is 5.73 Å². The molecule has 1 aliphatic rings. The van der Waals surface area contributed by atoms with Gasteiger partial charge in [0.1, 0.15) is 0 Å². The van der Waals surface area contributed by atoms with Crippen LogP contribution in [0, 0.1) is 17.8 Å². The van der Waals surface area contributed by atoms with Crippen LogP contribution in [-0.2, 0) is 0 Å². The zero-order chi connectivity index (χ0) is 7.23. The van der Waals surface area contributed by atoms with Crippen molar-refractivity contribution in [2.45, 2.75) is 12.8 Å². The smallest absolute Gasteiger partial charge is 0.0551 e. The summed E-state index contributed by atoms with van der Waals surface area (Å²) in [6, 6.07) is 0. The van der Waals surface area contributed by atoms with Crippen molar-refractivity contribution in [3.8, 4) is 11.8 Å². The van der Waals surface area contributed by atoms with Crippen molar-refractivity contribution in [3.63, 3.8) is 0 Å². The summed E-state index contributed by atoms with van der Waals surface area (Å²) >= 11 is 2.03. The molecule has 0 unspecified atom stereocenters. The van der Waals surface area contributed by atoms with Gasteiger partial charge in [-0.2, -0.15) is 11.8 Å². The van der Waals surface area contributed by atoms with E-state index in [-0.39, 0.29) is 0 Å². The molecule has 1 rings (SSSR count). The van der Waals surface area contributed by atoms with E-state index >= 15 is 0 Å². The second-order valence-electron chi connectivity index (χ2n) is 2.41. The Bertz CT molecular complexity index is 139. The molecule has 56 valence electrons. The van der Waals surface area contributed by atoms with Gasteiger partial charge in [0.2, 0.25) is 0 Å². The molecule has 0 aromatic carbocycles. The molecule has 0 bridgehead atoms. The fraction of sp³-hybridized carbons (Fsp3) is 0.750. The highest BCUT2D eigenvalue weighted by Gasteiger charge is 2.09. The first kappa shape index (κ1) is 7.97. The first-order valence-corrected chi connectivity index (χ1v) is 4.85. The maximum absolute atomic E-state index is 5.27. The van der Waals surface area contributed by atoms with Crippen LogP contribution in [-0.4, -0.2) is 18.1 Å². The van der Waals surface area contributed by atoms with Gasteiger partial charge in [-0.25, -0.2) is 0 Å². The van der Waals surface area contributed by atoms with Gasteiger partial charge in [0.25, 0.3) is 0 Å². The van der Waals surface area contributed by atoms with Crippen molar-refractivity contribution in [1.29, 1.82) is 0 Å². The monoisotopic (exact) mass is 155 g/mol. The Labute approximate surface area is 66.8 Å². The van der Waals surface area contributed by atoms with Crippen LogP contribution in [0.3, 0.4) is 0 Å². The van der Waals surface area contributed by atoms with Crippen LogP contribution in [0.2, 0.25) is 0 Å². The third-order valence-corrected chi connectivity index (χ3v) is 2.68. The summed E-state index contributed by atoms with van der Waals surface area (Å²) in [5.41, 5.74) is 5.27. The van der Waals surface area contributed by atoms with Crippen LogP contribution in [0.15, 0.2) is 0 Å². The Kier molecular flexibility index (Phi) is 3.71. The Hall–Kier alpha value is -0.130. The second-order valence-corrected chi connectivity index (χ2v) is 3.64. The molecule has 0 aromatic heterocycles. The van der Waals surface area contributed by atoms with Crippen molar-refractivity contribution in [3.05, 3.63) is 0 Å². The summed E-state index contributed by atoms with van der Waals surface area (Å²) in [6.45, 7) is 0.518. The summed E-state index contributed by atoms with van der Waals surface area (Å²) in [5.74, 6) is 9.33. The average Bonchev–Trinajstić information content (AvgIpc) is 2.03. The molecule has 1 aliphatic heterocycles. The lowest BCUT2D eigenvalue weighted by atomic mass is 10.0. The number of hydrogen-bond donors (Lipinski definition) is 1. The van der Waals surface area contributed by atoms with E-state index in [2.05, 4.69) is 11.8 Å². The zero-order valence-electron chi connectivity index (χ0n) is 6.10. The van der Waals surface area contributed by atoms with Gasteiger partial charge in [0.15, 0.2) is 0 Å². The number of nitrogens with two attached hydrogens (primary N) is 1. The van der Waals surface area contributed by atoms with Gasteiger partial charge in [-0.15, -0.1) is 0 Å². The van der Waals surface area contributed by atoms with E-state index in [1.165, 1.54) is 24.3 Å². The van der Waals surface area contributed by atoms with Crippen molar-refractivity contribution < 1.29 is 0 Å². The highest BCUT2D eigenvalue weighted by molar-refractivity contribution is 7.99. The lowest BCUT2D eigenvalue weighted by molar-refractivity contribution is 0.622. The quantitative estimate of drug-likeness (QED) is 0.530. The van der Waals surface area contributed by atoms with Crippen LogP contribution in [0.4, 0.5) is 0 Å². The van der Waals surface area contributed by atoms with Crippen LogP contribution >= 0.6 is 11.8 Å². The third-order valence-electron chi connectivity index (χ3n) is 1.63. The molecule has 0 aromatic rings. The molecule has 0 aliphatic carbocycles. The Balaban J connectivity index is 2.25. The van der Waals surface area contributed by atoms with Crippen molar-refractivity contribution in [2.75, 3.05) is 18.1 Å². The molecule has 0 atom stereocenters. The minimum absolute atomic E-state index is 0.518. The predicted octanol–water partition coefficient (Wildman–Crippen LogP) is 1.09. The average molecular weight is 155 g/mol. The summed E-state index contributed by atoms with van der Waals surface area (Å²) in [6.07, 6.45) is 2.52. The van der Waals surface area contributed by atoms with Gasteiger partial charge in [-0.1, -0.05) is 11.8 Å². The van der Waals surface area contributed by atoms with E-state index in [0.29, 0.717) is 12.5 Å². The molecule has 1 heterocycles. The molecule has 0 radical (unpaired) electrons. The summed E-state index contributed by atoms with van der Waals surface area (Å²) in [5, 5.41) is 0. The molecular weight excluding hydrogens is 142 g/mol. The van der Waals surface area contributed by atoms with Gasteiger partial charge in [0.05, 0.1) is 6.54 Å². The fourth-order valence-corrected chi connectivity index (χ4v) is 2.15. The Morgan fingerprint density at radius 1 is 1.40 bits per heavy atom. The van der Waals surface area contributed by atoms with Crippen molar-refractivity contribution >= 4 is 11.8 Å². The van der Waals surface area contributed by atoms with Crippen molar-refractivity contribution in [1.82, 2.24) is 0 Å². The molecule has 0 spiro atoms. The van der Waals surface area contributed by atoms with E-state index in [4.69, 9.17) is 5.73 Å². The van der Waals surface area contributed by atoms with E-state index in [9.17, 15) is 0 Å². The number of rotatable bonds is 0. The molecular formula is C8H13NS. The molecule has 1 fully saturated rings. The normalized spacial score (nSPS) is 19.7. The SMILES string of the molecule is NCC#CC1CCSCC1. The summed E-state index contributed by atoms with van der Waals surface area (Å²) in [4.78, 5) is 0. The highest BCUT2D eigenvalue weighted by atomic mass is 32.2. The molecule has 2 heteroatoms. The second kappa shape index (κ2) is 4.65. The first-order chi connectivity index (χ1) is 4.93. The topological polar surface area (TPSA) is 26.0 Å². The number of hydrogen-bond acceptors (Lipinski definition) is 2. The van der Waals surface area contributed by atoms with E-state index in [0.717, 1.165) is 0 Å². The Morgan fingerprint density at radius 2 is 2.10 bits per heavy atom. The zero-order valence-corrected chi connectivity index (χ0v) is 6.91. The summed E-state index contributed by atoms with van der Waals surface area (Å²) < 4.78 is 0. The lowest BCUT2D eigenvalue weighted by Gasteiger charge is -2.15.